The van der Waals surface area contributed by atoms with Gasteiger partial charge in [-0.3, -0.25) is 0 Å². The minimum Gasteiger partial charge on any atom is -0.493 e. The molecule has 5 nitrogen and oxygen atoms in total. The first-order valence-electron chi connectivity index (χ1n) is 7.16. The summed E-state index contributed by atoms with van der Waals surface area (Å²) < 4.78 is 36.6. The molecule has 2 aromatic rings. The zero-order valence-electron chi connectivity index (χ0n) is 13.4. The van der Waals surface area contributed by atoms with E-state index in [1.165, 1.54) is 0 Å². The minimum atomic E-state index is -3.33. The molecule has 2 aromatic carbocycles. The Labute approximate surface area is 137 Å². The fourth-order valence-corrected chi connectivity index (χ4v) is 3.15. The van der Waals surface area contributed by atoms with Crippen LogP contribution in [-0.2, 0) is 16.4 Å². The Kier molecular flexibility index (Phi) is 5.63. The van der Waals surface area contributed by atoms with Gasteiger partial charge < -0.3 is 9.47 Å². The number of nitrogens with one attached hydrogen (secondary N) is 1. The summed E-state index contributed by atoms with van der Waals surface area (Å²) >= 11 is 0. The van der Waals surface area contributed by atoms with Gasteiger partial charge in [0.2, 0.25) is 10.0 Å². The fourth-order valence-electron chi connectivity index (χ4n) is 2.41. The van der Waals surface area contributed by atoms with Crippen molar-refractivity contribution in [3.8, 4) is 11.5 Å². The molecule has 0 radical (unpaired) electrons. The Morgan fingerprint density at radius 1 is 1.00 bits per heavy atom. The molecule has 0 heterocycles. The lowest BCUT2D eigenvalue weighted by Crippen LogP contribution is -2.28. The van der Waals surface area contributed by atoms with Gasteiger partial charge in [-0.15, -0.1) is 0 Å². The maximum absolute atomic E-state index is 11.7. The number of benzene rings is 2. The van der Waals surface area contributed by atoms with Gasteiger partial charge in [-0.25, -0.2) is 13.1 Å². The van der Waals surface area contributed by atoms with Crippen LogP contribution < -0.4 is 14.2 Å². The van der Waals surface area contributed by atoms with E-state index in [1.807, 2.05) is 48.5 Å². The topological polar surface area (TPSA) is 64.6 Å². The maximum Gasteiger partial charge on any atom is 0.209 e. The van der Waals surface area contributed by atoms with Crippen molar-refractivity contribution < 1.29 is 17.9 Å². The second kappa shape index (κ2) is 7.48. The zero-order chi connectivity index (χ0) is 16.9. The molecule has 1 N–H and O–H groups in total. The smallest absolute Gasteiger partial charge is 0.209 e. The molecular formula is C17H21NO4S. The van der Waals surface area contributed by atoms with Crippen molar-refractivity contribution in [1.82, 2.24) is 4.72 Å². The van der Waals surface area contributed by atoms with Crippen molar-refractivity contribution in [3.63, 3.8) is 0 Å². The van der Waals surface area contributed by atoms with Gasteiger partial charge in [-0.05, 0) is 29.7 Å². The highest BCUT2D eigenvalue weighted by atomic mass is 32.2. The van der Waals surface area contributed by atoms with Crippen LogP contribution in [-0.4, -0.2) is 28.9 Å². The Hall–Kier alpha value is -2.05. The highest BCUT2D eigenvalue weighted by molar-refractivity contribution is 7.88. The van der Waals surface area contributed by atoms with E-state index in [0.29, 0.717) is 17.9 Å². The molecule has 124 valence electrons. The summed E-state index contributed by atoms with van der Waals surface area (Å²) in [5.74, 6) is 1.26. The molecule has 0 aliphatic heterocycles. The molecule has 0 aliphatic carbocycles. The molecule has 0 aromatic heterocycles. The van der Waals surface area contributed by atoms with Gasteiger partial charge in [-0.1, -0.05) is 36.4 Å². The van der Waals surface area contributed by atoms with Gasteiger partial charge in [0.15, 0.2) is 11.5 Å². The molecule has 0 fully saturated rings. The first-order valence-corrected chi connectivity index (χ1v) is 9.05. The number of sulfonamides is 1. The summed E-state index contributed by atoms with van der Waals surface area (Å²) in [6, 6.07) is 14.7. The molecule has 0 saturated heterocycles. The Morgan fingerprint density at radius 2 is 1.65 bits per heavy atom. The monoisotopic (exact) mass is 335 g/mol. The summed E-state index contributed by atoms with van der Waals surface area (Å²) in [7, 11) is -0.173. The molecule has 6 heteroatoms. The number of hydrogen-bond donors (Lipinski definition) is 1. The fraction of sp³-hybridized carbons (Fsp3) is 0.294. The van der Waals surface area contributed by atoms with Crippen LogP contribution in [0.2, 0.25) is 0 Å². The molecule has 0 aliphatic rings. The quantitative estimate of drug-likeness (QED) is 0.844. The third-order valence-electron chi connectivity index (χ3n) is 3.45. The molecule has 23 heavy (non-hydrogen) atoms. The lowest BCUT2D eigenvalue weighted by molar-refractivity contribution is 0.354. The molecule has 0 bridgehead atoms. The molecule has 0 unspecified atom stereocenters. The van der Waals surface area contributed by atoms with E-state index in [1.54, 1.807) is 14.2 Å². The molecular weight excluding hydrogens is 314 g/mol. The van der Waals surface area contributed by atoms with Crippen molar-refractivity contribution in [3.05, 3.63) is 59.7 Å². The van der Waals surface area contributed by atoms with Crippen LogP contribution in [0, 0.1) is 0 Å². The number of rotatable bonds is 7. The molecule has 0 amide bonds. The van der Waals surface area contributed by atoms with Crippen LogP contribution >= 0.6 is 0 Å². The van der Waals surface area contributed by atoms with Crippen LogP contribution in [0.25, 0.3) is 0 Å². The predicted octanol–water partition coefficient (Wildman–Crippen LogP) is 2.54. The number of methoxy groups -OCH3 is 2. The zero-order valence-corrected chi connectivity index (χ0v) is 14.3. The van der Waals surface area contributed by atoms with E-state index in [9.17, 15) is 8.42 Å². The van der Waals surface area contributed by atoms with E-state index in [0.717, 1.165) is 17.4 Å². The molecule has 0 spiro atoms. The number of hydrogen-bond acceptors (Lipinski definition) is 4. The van der Waals surface area contributed by atoms with E-state index < -0.39 is 10.0 Å². The molecule has 2 rings (SSSR count). The predicted molar refractivity (Wildman–Crippen MR) is 90.4 cm³/mol. The highest BCUT2D eigenvalue weighted by Crippen LogP contribution is 2.29. The van der Waals surface area contributed by atoms with Crippen LogP contribution in [0.1, 0.15) is 17.2 Å². The van der Waals surface area contributed by atoms with Gasteiger partial charge in [-0.2, -0.15) is 0 Å². The standard InChI is InChI=1S/C17H21NO4S/c1-21-16-10-9-13(12-17(16)22-2)11-15(18-23(3,19)20)14-7-5-4-6-8-14/h4-10,12,15,18H,11H2,1-3H3/t15-/m0/s1. The van der Waals surface area contributed by atoms with Crippen molar-refractivity contribution >= 4 is 10.0 Å². The van der Waals surface area contributed by atoms with Gasteiger partial charge in [0, 0.05) is 0 Å². The third kappa shape index (κ3) is 4.97. The minimum absolute atomic E-state index is 0.343. The summed E-state index contributed by atoms with van der Waals surface area (Å²) in [5.41, 5.74) is 1.86. The average molecular weight is 335 g/mol. The second-order valence-electron chi connectivity index (χ2n) is 5.25. The van der Waals surface area contributed by atoms with Crippen molar-refractivity contribution in [2.75, 3.05) is 20.5 Å². The largest absolute Gasteiger partial charge is 0.493 e. The van der Waals surface area contributed by atoms with Crippen LogP contribution in [0.3, 0.4) is 0 Å². The SMILES string of the molecule is COc1ccc(C[C@H](NS(C)(=O)=O)c2ccccc2)cc1OC. The first-order chi connectivity index (χ1) is 10.9. The highest BCUT2D eigenvalue weighted by Gasteiger charge is 2.17. The van der Waals surface area contributed by atoms with Crippen LogP contribution in [0.4, 0.5) is 0 Å². The van der Waals surface area contributed by atoms with Crippen LogP contribution in [0.5, 0.6) is 11.5 Å². The normalized spacial score (nSPS) is 12.7. The second-order valence-corrected chi connectivity index (χ2v) is 7.03. The molecule has 1 atom stereocenters. The van der Waals surface area contributed by atoms with E-state index in [-0.39, 0.29) is 6.04 Å². The Morgan fingerprint density at radius 3 is 2.22 bits per heavy atom. The maximum atomic E-state index is 11.7. The Bertz CT molecular complexity index is 744. The third-order valence-corrected chi connectivity index (χ3v) is 4.16. The lowest BCUT2D eigenvalue weighted by Gasteiger charge is -2.19. The van der Waals surface area contributed by atoms with E-state index in [2.05, 4.69) is 4.72 Å². The van der Waals surface area contributed by atoms with Crippen molar-refractivity contribution in [1.29, 1.82) is 0 Å². The summed E-state index contributed by atoms with van der Waals surface area (Å²) in [6.07, 6.45) is 1.68. The van der Waals surface area contributed by atoms with Gasteiger partial charge in [0.1, 0.15) is 0 Å². The summed E-state index contributed by atoms with van der Waals surface area (Å²) in [5, 5.41) is 0. The van der Waals surface area contributed by atoms with E-state index in [4.69, 9.17) is 9.47 Å². The van der Waals surface area contributed by atoms with Gasteiger partial charge in [0.25, 0.3) is 0 Å². The van der Waals surface area contributed by atoms with Gasteiger partial charge >= 0.3 is 0 Å². The average Bonchev–Trinajstić information content (AvgIpc) is 2.53. The number of ether oxygens (including phenoxy) is 2. The first kappa shape index (κ1) is 17.3. The summed E-state index contributed by atoms with van der Waals surface area (Å²) in [6.45, 7) is 0. The summed E-state index contributed by atoms with van der Waals surface area (Å²) in [4.78, 5) is 0. The van der Waals surface area contributed by atoms with Crippen molar-refractivity contribution in [2.24, 2.45) is 0 Å². The van der Waals surface area contributed by atoms with Crippen LogP contribution in [0.15, 0.2) is 48.5 Å². The lowest BCUT2D eigenvalue weighted by atomic mass is 9.99. The van der Waals surface area contributed by atoms with E-state index >= 15 is 0 Å². The Balaban J connectivity index is 2.31. The van der Waals surface area contributed by atoms with Gasteiger partial charge in [0.05, 0.1) is 26.5 Å². The molecule has 0 saturated carbocycles. The van der Waals surface area contributed by atoms with Crippen molar-refractivity contribution in [2.45, 2.75) is 12.5 Å².